The molecule has 1 rings (SSSR count). The zero-order valence-corrected chi connectivity index (χ0v) is 8.66. The van der Waals surface area contributed by atoms with Crippen LogP contribution in [0.5, 0.6) is 0 Å². The monoisotopic (exact) mass is 245 g/mol. The summed E-state index contributed by atoms with van der Waals surface area (Å²) in [4.78, 5) is 10.2. The molecule has 7 heteroatoms. The second-order valence-corrected chi connectivity index (χ2v) is 3.19. The Kier molecular flexibility index (Phi) is 4.08. The first kappa shape index (κ1) is 13.0. The van der Waals surface area contributed by atoms with Gasteiger partial charge in [0.2, 0.25) is 0 Å². The Morgan fingerprint density at radius 1 is 1.47 bits per heavy atom. The van der Waals surface area contributed by atoms with Crippen molar-refractivity contribution < 1.29 is 18.0 Å². The Bertz CT molecular complexity index is 429. The normalized spacial score (nSPS) is 11.7. The highest BCUT2D eigenvalue weighted by Gasteiger charge is 2.30. The number of carbonyl (C=O) groups excluding carboxylic acids is 1. The lowest BCUT2D eigenvalue weighted by molar-refractivity contribution is -0.137. The molecule has 0 aliphatic heterocycles. The van der Waals surface area contributed by atoms with E-state index in [1.165, 1.54) is 18.3 Å². The summed E-state index contributed by atoms with van der Waals surface area (Å²) in [7, 11) is 0. The molecule has 4 nitrogen and oxygen atoms in total. The van der Waals surface area contributed by atoms with Gasteiger partial charge in [-0.1, -0.05) is 18.2 Å². The maximum Gasteiger partial charge on any atom is 0.416 e. The molecular weight excluding hydrogens is 235 g/mol. The van der Waals surface area contributed by atoms with Crippen LogP contribution < -0.4 is 11.2 Å². The average molecular weight is 245 g/mol. The Balaban J connectivity index is 2.67. The van der Waals surface area contributed by atoms with Gasteiger partial charge in [0.1, 0.15) is 0 Å². The van der Waals surface area contributed by atoms with Crippen LogP contribution >= 0.6 is 0 Å². The third-order valence-electron chi connectivity index (χ3n) is 1.85. The first-order valence-corrected chi connectivity index (χ1v) is 4.62. The predicted octanol–water partition coefficient (Wildman–Crippen LogP) is 1.90. The fourth-order valence-corrected chi connectivity index (χ4v) is 1.13. The molecule has 1 aromatic carbocycles. The van der Waals surface area contributed by atoms with E-state index >= 15 is 0 Å². The van der Waals surface area contributed by atoms with Gasteiger partial charge in [0.05, 0.1) is 5.56 Å². The van der Waals surface area contributed by atoms with Crippen molar-refractivity contribution in [2.75, 3.05) is 0 Å². The molecule has 92 valence electrons. The summed E-state index contributed by atoms with van der Waals surface area (Å²) in [5.41, 5.74) is 6.41. The zero-order chi connectivity index (χ0) is 12.9. The number of amides is 2. The lowest BCUT2D eigenvalue weighted by Gasteiger charge is -2.07. The van der Waals surface area contributed by atoms with E-state index < -0.39 is 17.8 Å². The van der Waals surface area contributed by atoms with Crippen LogP contribution in [0.2, 0.25) is 0 Å². The van der Waals surface area contributed by atoms with Crippen LogP contribution in [0.1, 0.15) is 11.1 Å². The Labute approximate surface area is 95.3 Å². The first-order chi connectivity index (χ1) is 7.89. The zero-order valence-electron chi connectivity index (χ0n) is 8.66. The molecule has 0 atom stereocenters. The smallest absolute Gasteiger partial charge is 0.350 e. The molecule has 0 saturated heterocycles. The third kappa shape index (κ3) is 4.54. The van der Waals surface area contributed by atoms with Gasteiger partial charge >= 0.3 is 12.2 Å². The molecule has 2 amide bonds. The van der Waals surface area contributed by atoms with Crippen molar-refractivity contribution in [3.63, 3.8) is 0 Å². The number of rotatable bonds is 3. The summed E-state index contributed by atoms with van der Waals surface area (Å²) in [5.74, 6) is 0. The van der Waals surface area contributed by atoms with E-state index in [0.717, 1.165) is 12.1 Å². The summed E-state index contributed by atoms with van der Waals surface area (Å²) >= 11 is 0. The van der Waals surface area contributed by atoms with Crippen LogP contribution in [0.3, 0.4) is 0 Å². The molecule has 17 heavy (non-hydrogen) atoms. The number of alkyl halides is 3. The van der Waals surface area contributed by atoms with Gasteiger partial charge in [0.15, 0.2) is 0 Å². The molecule has 0 heterocycles. The minimum Gasteiger partial charge on any atom is -0.350 e. The number of urea groups is 1. The average Bonchev–Trinajstić information content (AvgIpc) is 2.23. The van der Waals surface area contributed by atoms with E-state index in [4.69, 9.17) is 5.73 Å². The molecule has 0 unspecified atom stereocenters. The maximum absolute atomic E-state index is 12.4. The fourth-order valence-electron chi connectivity index (χ4n) is 1.13. The maximum atomic E-state index is 12.4. The lowest BCUT2D eigenvalue weighted by atomic mass is 10.1. The number of benzene rings is 1. The highest BCUT2D eigenvalue weighted by atomic mass is 19.4. The van der Waals surface area contributed by atoms with Gasteiger partial charge < -0.3 is 5.73 Å². The molecule has 1 aromatic rings. The molecule has 0 aliphatic rings. The van der Waals surface area contributed by atoms with Crippen LogP contribution in [-0.4, -0.2) is 12.2 Å². The second kappa shape index (κ2) is 5.33. The highest BCUT2D eigenvalue weighted by molar-refractivity contribution is 5.73. The van der Waals surface area contributed by atoms with Crippen molar-refractivity contribution >= 4 is 12.2 Å². The van der Waals surface area contributed by atoms with Gasteiger partial charge in [-0.05, 0) is 11.6 Å². The topological polar surface area (TPSA) is 67.5 Å². The van der Waals surface area contributed by atoms with E-state index in [1.807, 2.05) is 5.43 Å². The molecule has 0 saturated carbocycles. The van der Waals surface area contributed by atoms with Gasteiger partial charge in [-0.2, -0.15) is 18.3 Å². The number of hydrazone groups is 1. The van der Waals surface area contributed by atoms with E-state index in [1.54, 1.807) is 0 Å². The van der Waals surface area contributed by atoms with E-state index in [-0.39, 0.29) is 6.42 Å². The van der Waals surface area contributed by atoms with Crippen LogP contribution in [0.4, 0.5) is 18.0 Å². The fraction of sp³-hybridized carbons (Fsp3) is 0.200. The van der Waals surface area contributed by atoms with E-state index in [0.29, 0.717) is 5.56 Å². The van der Waals surface area contributed by atoms with Crippen LogP contribution in [0.15, 0.2) is 29.4 Å². The molecule has 3 N–H and O–H groups in total. The molecule has 0 fully saturated rings. The predicted molar refractivity (Wildman–Crippen MR) is 56.4 cm³/mol. The molecule has 0 spiro atoms. The largest absolute Gasteiger partial charge is 0.416 e. The molecule has 0 aliphatic carbocycles. The van der Waals surface area contributed by atoms with Crippen molar-refractivity contribution in [3.8, 4) is 0 Å². The Hall–Kier alpha value is -2.05. The summed E-state index contributed by atoms with van der Waals surface area (Å²) in [6.07, 6.45) is -2.93. The van der Waals surface area contributed by atoms with E-state index in [9.17, 15) is 18.0 Å². The number of primary amides is 1. The third-order valence-corrected chi connectivity index (χ3v) is 1.85. The molecule has 0 bridgehead atoms. The number of hydrogen-bond acceptors (Lipinski definition) is 2. The van der Waals surface area contributed by atoms with Crippen molar-refractivity contribution in [3.05, 3.63) is 35.4 Å². The van der Waals surface area contributed by atoms with Gasteiger partial charge in [0, 0.05) is 12.6 Å². The van der Waals surface area contributed by atoms with Crippen molar-refractivity contribution in [1.82, 2.24) is 5.43 Å². The summed E-state index contributed by atoms with van der Waals surface area (Å²) in [6.45, 7) is 0. The SMILES string of the molecule is NC(=O)N/N=C\Cc1cccc(C(F)(F)F)c1. The highest BCUT2D eigenvalue weighted by Crippen LogP contribution is 2.29. The second-order valence-electron chi connectivity index (χ2n) is 3.19. The minimum atomic E-state index is -4.36. The molecule has 0 aromatic heterocycles. The van der Waals surface area contributed by atoms with Crippen LogP contribution in [0.25, 0.3) is 0 Å². The van der Waals surface area contributed by atoms with E-state index in [2.05, 4.69) is 5.10 Å². The van der Waals surface area contributed by atoms with Gasteiger partial charge in [-0.3, -0.25) is 0 Å². The number of nitrogens with one attached hydrogen (secondary N) is 1. The number of carbonyl (C=O) groups is 1. The summed E-state index contributed by atoms with van der Waals surface area (Å²) in [5, 5.41) is 3.43. The minimum absolute atomic E-state index is 0.171. The number of halogens is 3. The quantitative estimate of drug-likeness (QED) is 0.619. The first-order valence-electron chi connectivity index (χ1n) is 4.62. The standard InChI is InChI=1S/C10H10F3N3O/c11-10(12,13)8-3-1-2-7(6-8)4-5-15-16-9(14)17/h1-3,5-6H,4H2,(H3,14,16,17)/b15-5-. The van der Waals surface area contributed by atoms with Crippen molar-refractivity contribution in [2.45, 2.75) is 12.6 Å². The number of hydrogen-bond donors (Lipinski definition) is 2. The van der Waals surface area contributed by atoms with Crippen LogP contribution in [-0.2, 0) is 12.6 Å². The van der Waals surface area contributed by atoms with Crippen molar-refractivity contribution in [2.24, 2.45) is 10.8 Å². The van der Waals surface area contributed by atoms with Gasteiger partial charge in [-0.15, -0.1) is 0 Å². The summed E-state index contributed by atoms with van der Waals surface area (Å²) < 4.78 is 37.1. The lowest BCUT2D eigenvalue weighted by Crippen LogP contribution is -2.24. The van der Waals surface area contributed by atoms with Gasteiger partial charge in [-0.25, -0.2) is 10.2 Å². The molecule has 0 radical (unpaired) electrons. The van der Waals surface area contributed by atoms with Gasteiger partial charge in [0.25, 0.3) is 0 Å². The Morgan fingerprint density at radius 2 is 2.18 bits per heavy atom. The molecular formula is C10H10F3N3O. The van der Waals surface area contributed by atoms with Crippen molar-refractivity contribution in [1.29, 1.82) is 0 Å². The number of nitrogens with two attached hydrogens (primary N) is 1. The Morgan fingerprint density at radius 3 is 2.76 bits per heavy atom. The summed E-state index contributed by atoms with van der Waals surface area (Å²) in [6, 6.07) is 4.03. The number of nitrogens with zero attached hydrogens (tertiary/aromatic N) is 1. The van der Waals surface area contributed by atoms with Crippen LogP contribution in [0, 0.1) is 0 Å².